The Morgan fingerprint density at radius 1 is 1.41 bits per heavy atom. The van der Waals surface area contributed by atoms with Crippen molar-refractivity contribution in [2.75, 3.05) is 0 Å². The predicted octanol–water partition coefficient (Wildman–Crippen LogP) is 1.44. The number of hydrogen-bond donors (Lipinski definition) is 1. The second-order valence-electron chi connectivity index (χ2n) is 4.11. The predicted molar refractivity (Wildman–Crippen MR) is 65.3 cm³/mol. The van der Waals surface area contributed by atoms with Crippen molar-refractivity contribution in [3.63, 3.8) is 0 Å². The van der Waals surface area contributed by atoms with Gasteiger partial charge in [0.2, 0.25) is 0 Å². The third-order valence-electron chi connectivity index (χ3n) is 2.61. The van der Waals surface area contributed by atoms with Gasteiger partial charge in [-0.25, -0.2) is 9.67 Å². The smallest absolute Gasteiger partial charge is 0.148 e. The van der Waals surface area contributed by atoms with Gasteiger partial charge in [-0.1, -0.05) is 13.0 Å². The maximum absolute atomic E-state index is 6.20. The van der Waals surface area contributed by atoms with Gasteiger partial charge >= 0.3 is 0 Å². The van der Waals surface area contributed by atoms with Gasteiger partial charge in [0.25, 0.3) is 0 Å². The summed E-state index contributed by atoms with van der Waals surface area (Å²) in [5.41, 5.74) is 8.26. The molecule has 0 radical (unpaired) electrons. The number of aromatic nitrogens is 4. The molecule has 0 fully saturated rings. The van der Waals surface area contributed by atoms with Crippen LogP contribution in [0.15, 0.2) is 24.8 Å². The fraction of sp³-hybridized carbons (Fsp3) is 0.417. The van der Waals surface area contributed by atoms with Crippen molar-refractivity contribution in [3.8, 4) is 0 Å². The molecule has 2 aromatic rings. The lowest BCUT2D eigenvalue weighted by molar-refractivity contribution is 0.552. The van der Waals surface area contributed by atoms with Crippen LogP contribution in [0.1, 0.15) is 36.3 Å². The minimum Gasteiger partial charge on any atom is -0.318 e. The summed E-state index contributed by atoms with van der Waals surface area (Å²) in [4.78, 5) is 8.39. The van der Waals surface area contributed by atoms with Crippen molar-refractivity contribution in [2.24, 2.45) is 5.73 Å². The zero-order valence-corrected chi connectivity index (χ0v) is 10.2. The fourth-order valence-electron chi connectivity index (χ4n) is 1.80. The molecule has 0 aromatic carbocycles. The number of aryl methyl sites for hydroxylation is 2. The Bertz CT molecular complexity index is 491. The first-order valence-electron chi connectivity index (χ1n) is 5.77. The van der Waals surface area contributed by atoms with Crippen molar-refractivity contribution in [3.05, 3.63) is 41.7 Å². The van der Waals surface area contributed by atoms with Crippen LogP contribution in [0.2, 0.25) is 0 Å². The number of pyridine rings is 1. The van der Waals surface area contributed by atoms with E-state index in [1.165, 1.54) is 0 Å². The molecule has 0 saturated carbocycles. The highest BCUT2D eigenvalue weighted by molar-refractivity contribution is 5.24. The largest absolute Gasteiger partial charge is 0.318 e. The molecule has 0 aliphatic rings. The molecule has 1 atom stereocenters. The maximum atomic E-state index is 6.20. The first kappa shape index (κ1) is 11.7. The van der Waals surface area contributed by atoms with Crippen LogP contribution in [-0.2, 0) is 6.54 Å². The lowest BCUT2D eigenvalue weighted by Crippen LogP contribution is -2.19. The van der Waals surface area contributed by atoms with Crippen LogP contribution in [0.3, 0.4) is 0 Å². The first-order chi connectivity index (χ1) is 8.22. The van der Waals surface area contributed by atoms with Crippen LogP contribution in [0.5, 0.6) is 0 Å². The molecule has 0 amide bonds. The molecule has 90 valence electrons. The fourth-order valence-corrected chi connectivity index (χ4v) is 1.80. The Morgan fingerprint density at radius 3 is 2.94 bits per heavy atom. The van der Waals surface area contributed by atoms with Gasteiger partial charge in [0.1, 0.15) is 12.2 Å². The Morgan fingerprint density at radius 2 is 2.24 bits per heavy atom. The van der Waals surface area contributed by atoms with Gasteiger partial charge in [0, 0.05) is 18.9 Å². The third-order valence-corrected chi connectivity index (χ3v) is 2.61. The van der Waals surface area contributed by atoms with Crippen molar-refractivity contribution in [1.82, 2.24) is 19.7 Å². The summed E-state index contributed by atoms with van der Waals surface area (Å²) >= 11 is 0. The lowest BCUT2D eigenvalue weighted by atomic mass is 10.1. The van der Waals surface area contributed by atoms with Gasteiger partial charge in [-0.2, -0.15) is 5.10 Å². The number of nitrogens with zero attached hydrogens (tertiary/aromatic N) is 4. The van der Waals surface area contributed by atoms with E-state index in [0.717, 1.165) is 29.9 Å². The van der Waals surface area contributed by atoms with E-state index < -0.39 is 0 Å². The van der Waals surface area contributed by atoms with E-state index in [2.05, 4.69) is 22.0 Å². The molecule has 2 heterocycles. The van der Waals surface area contributed by atoms with Crippen molar-refractivity contribution >= 4 is 0 Å². The topological polar surface area (TPSA) is 69.6 Å². The molecular weight excluding hydrogens is 214 g/mol. The average Bonchev–Trinajstić information content (AvgIpc) is 2.77. The average molecular weight is 231 g/mol. The van der Waals surface area contributed by atoms with E-state index in [4.69, 9.17) is 5.73 Å². The lowest BCUT2D eigenvalue weighted by Gasteiger charge is -2.12. The van der Waals surface area contributed by atoms with Crippen LogP contribution in [0.25, 0.3) is 0 Å². The van der Waals surface area contributed by atoms with E-state index in [1.54, 1.807) is 12.5 Å². The van der Waals surface area contributed by atoms with Gasteiger partial charge < -0.3 is 5.73 Å². The van der Waals surface area contributed by atoms with E-state index >= 15 is 0 Å². The van der Waals surface area contributed by atoms with Crippen molar-refractivity contribution in [1.29, 1.82) is 0 Å². The molecule has 1 unspecified atom stereocenters. The Kier molecular flexibility index (Phi) is 3.49. The molecule has 0 saturated heterocycles. The zero-order chi connectivity index (χ0) is 12.3. The highest BCUT2D eigenvalue weighted by Gasteiger charge is 2.15. The molecule has 0 bridgehead atoms. The molecule has 2 N–H and O–H groups in total. The maximum Gasteiger partial charge on any atom is 0.148 e. The summed E-state index contributed by atoms with van der Waals surface area (Å²) < 4.78 is 1.85. The molecule has 5 heteroatoms. The van der Waals surface area contributed by atoms with Crippen LogP contribution < -0.4 is 5.73 Å². The van der Waals surface area contributed by atoms with Crippen LogP contribution in [-0.4, -0.2) is 19.7 Å². The van der Waals surface area contributed by atoms with Crippen LogP contribution >= 0.6 is 0 Å². The molecule has 5 nitrogen and oxygen atoms in total. The number of nitrogens with two attached hydrogens (primary N) is 1. The first-order valence-corrected chi connectivity index (χ1v) is 5.77. The molecule has 0 spiro atoms. The van der Waals surface area contributed by atoms with E-state index in [-0.39, 0.29) is 6.04 Å². The van der Waals surface area contributed by atoms with Crippen LogP contribution in [0, 0.1) is 6.92 Å². The third kappa shape index (κ3) is 2.50. The Labute approximate surface area is 101 Å². The Hall–Kier alpha value is -1.75. The summed E-state index contributed by atoms with van der Waals surface area (Å²) in [6, 6.07) is 1.76. The van der Waals surface area contributed by atoms with E-state index in [9.17, 15) is 0 Å². The molecule has 0 aliphatic heterocycles. The highest BCUT2D eigenvalue weighted by atomic mass is 15.3. The summed E-state index contributed by atoms with van der Waals surface area (Å²) in [7, 11) is 0. The zero-order valence-electron chi connectivity index (χ0n) is 10.2. The van der Waals surface area contributed by atoms with Crippen molar-refractivity contribution < 1.29 is 0 Å². The Balaban J connectivity index is 2.30. The molecule has 2 rings (SSSR count). The molecule has 0 aliphatic carbocycles. The highest BCUT2D eigenvalue weighted by Crippen LogP contribution is 2.17. The van der Waals surface area contributed by atoms with Gasteiger partial charge in [-0.3, -0.25) is 4.98 Å². The van der Waals surface area contributed by atoms with Gasteiger partial charge in [-0.15, -0.1) is 0 Å². The molecule has 2 aromatic heterocycles. The number of hydrogen-bond acceptors (Lipinski definition) is 4. The minimum absolute atomic E-state index is 0.267. The van der Waals surface area contributed by atoms with Crippen molar-refractivity contribution in [2.45, 2.75) is 32.9 Å². The summed E-state index contributed by atoms with van der Waals surface area (Å²) in [6.45, 7) is 4.94. The molecule has 17 heavy (non-hydrogen) atoms. The molecular formula is C12H17N5. The van der Waals surface area contributed by atoms with Gasteiger partial charge in [-0.05, 0) is 24.5 Å². The SMILES string of the molecule is CCCn1ncnc1C(N)c1cncc(C)c1. The van der Waals surface area contributed by atoms with Crippen LogP contribution in [0.4, 0.5) is 0 Å². The summed E-state index contributed by atoms with van der Waals surface area (Å²) in [5.74, 6) is 0.791. The van der Waals surface area contributed by atoms with Gasteiger partial charge in [0.05, 0.1) is 6.04 Å². The second kappa shape index (κ2) is 5.05. The monoisotopic (exact) mass is 231 g/mol. The normalized spacial score (nSPS) is 12.6. The number of rotatable bonds is 4. The van der Waals surface area contributed by atoms with Gasteiger partial charge in [0.15, 0.2) is 0 Å². The summed E-state index contributed by atoms with van der Waals surface area (Å²) in [6.07, 6.45) is 6.15. The van der Waals surface area contributed by atoms with E-state index in [1.807, 2.05) is 23.9 Å². The second-order valence-corrected chi connectivity index (χ2v) is 4.11. The standard InChI is InChI=1S/C12H17N5/c1-3-4-17-12(15-8-16-17)11(13)10-5-9(2)6-14-7-10/h5-8,11H,3-4,13H2,1-2H3. The minimum atomic E-state index is -0.267. The van der Waals surface area contributed by atoms with E-state index in [0.29, 0.717) is 0 Å². The summed E-state index contributed by atoms with van der Waals surface area (Å²) in [5, 5.41) is 4.18. The quantitative estimate of drug-likeness (QED) is 0.864.